The molecule has 0 spiro atoms. The highest BCUT2D eigenvalue weighted by Gasteiger charge is 2.25. The van der Waals surface area contributed by atoms with Crippen LogP contribution in [0.25, 0.3) is 0 Å². The van der Waals surface area contributed by atoms with Gasteiger partial charge in [0.05, 0.1) is 11.0 Å². The summed E-state index contributed by atoms with van der Waals surface area (Å²) in [6.07, 6.45) is 1.94. The lowest BCUT2D eigenvalue weighted by molar-refractivity contribution is 0.00724. The average Bonchev–Trinajstić information content (AvgIpc) is 2.45. The Morgan fingerprint density at radius 2 is 2.18 bits per heavy atom. The highest BCUT2D eigenvalue weighted by molar-refractivity contribution is 7.89. The first kappa shape index (κ1) is 16.9. The number of hydrogen-bond donors (Lipinski definition) is 1. The van der Waals surface area contributed by atoms with E-state index >= 15 is 0 Å². The number of aryl methyl sites for hydroxylation is 1. The van der Waals surface area contributed by atoms with Crippen LogP contribution in [0.15, 0.2) is 23.1 Å². The normalized spacial score (nSPS) is 19.2. The van der Waals surface area contributed by atoms with Crippen LogP contribution in [-0.2, 0) is 14.8 Å². The fourth-order valence-electron chi connectivity index (χ4n) is 2.78. The number of piperidine rings is 1. The summed E-state index contributed by atoms with van der Waals surface area (Å²) in [7, 11) is -3.76. The maximum absolute atomic E-state index is 12.6. The third-order valence-corrected chi connectivity index (χ3v) is 4.87. The van der Waals surface area contributed by atoms with Gasteiger partial charge in [-0.05, 0) is 50.5 Å². The maximum Gasteiger partial charge on any atom is 0.253 e. The molecule has 22 heavy (non-hydrogen) atoms. The maximum atomic E-state index is 12.6. The second-order valence-corrected chi connectivity index (χ2v) is 7.03. The summed E-state index contributed by atoms with van der Waals surface area (Å²) in [6, 6.07) is 4.48. The predicted molar refractivity (Wildman–Crippen MR) is 83.1 cm³/mol. The summed E-state index contributed by atoms with van der Waals surface area (Å²) in [5.41, 5.74) is 0.953. The molecule has 0 saturated carbocycles. The Hall–Kier alpha value is -1.44. The van der Waals surface area contributed by atoms with E-state index in [-0.39, 0.29) is 16.9 Å². The van der Waals surface area contributed by atoms with Crippen molar-refractivity contribution >= 4 is 15.9 Å². The molecule has 7 heteroatoms. The van der Waals surface area contributed by atoms with Gasteiger partial charge in [0.25, 0.3) is 5.91 Å². The molecule has 1 heterocycles. The predicted octanol–water partition coefficient (Wildman–Crippen LogP) is 1.28. The minimum atomic E-state index is -3.76. The van der Waals surface area contributed by atoms with Crippen molar-refractivity contribution in [2.45, 2.75) is 37.7 Å². The lowest BCUT2D eigenvalue weighted by atomic mass is 10.1. The summed E-state index contributed by atoms with van der Waals surface area (Å²) in [6.45, 7) is 5.47. The van der Waals surface area contributed by atoms with Crippen molar-refractivity contribution in [1.82, 2.24) is 4.90 Å². The summed E-state index contributed by atoms with van der Waals surface area (Å²) in [5.74, 6) is -0.103. The summed E-state index contributed by atoms with van der Waals surface area (Å²) in [5, 5.41) is 5.14. The van der Waals surface area contributed by atoms with Gasteiger partial charge in [-0.15, -0.1) is 0 Å². The zero-order chi connectivity index (χ0) is 16.3. The van der Waals surface area contributed by atoms with Crippen LogP contribution in [0.3, 0.4) is 0 Å². The third kappa shape index (κ3) is 3.85. The summed E-state index contributed by atoms with van der Waals surface area (Å²) >= 11 is 0. The van der Waals surface area contributed by atoms with Crippen molar-refractivity contribution in [3.8, 4) is 0 Å². The highest BCUT2D eigenvalue weighted by atomic mass is 32.2. The van der Waals surface area contributed by atoms with Gasteiger partial charge in [0.2, 0.25) is 10.0 Å². The van der Waals surface area contributed by atoms with Gasteiger partial charge in [-0.2, -0.15) is 0 Å². The lowest BCUT2D eigenvalue weighted by Gasteiger charge is -2.32. The van der Waals surface area contributed by atoms with Gasteiger partial charge in [-0.3, -0.25) is 4.79 Å². The van der Waals surface area contributed by atoms with E-state index in [4.69, 9.17) is 9.88 Å². The van der Waals surface area contributed by atoms with E-state index in [9.17, 15) is 13.2 Å². The molecule has 2 N–H and O–H groups in total. The Balaban J connectivity index is 2.18. The second kappa shape index (κ2) is 6.76. The number of primary sulfonamides is 1. The molecule has 0 radical (unpaired) electrons. The van der Waals surface area contributed by atoms with Crippen LogP contribution >= 0.6 is 0 Å². The van der Waals surface area contributed by atoms with Crippen LogP contribution in [0.1, 0.15) is 35.7 Å². The molecular formula is C15H22N2O4S. The molecule has 1 aromatic rings. The first-order chi connectivity index (χ1) is 10.3. The van der Waals surface area contributed by atoms with Crippen molar-refractivity contribution in [3.63, 3.8) is 0 Å². The molecule has 1 fully saturated rings. The average molecular weight is 326 g/mol. The molecule has 0 aromatic heterocycles. The van der Waals surface area contributed by atoms with E-state index in [0.717, 1.165) is 12.8 Å². The van der Waals surface area contributed by atoms with Gasteiger partial charge in [0.15, 0.2) is 0 Å². The van der Waals surface area contributed by atoms with Crippen molar-refractivity contribution in [3.05, 3.63) is 29.3 Å². The van der Waals surface area contributed by atoms with Gasteiger partial charge in [0.1, 0.15) is 0 Å². The van der Waals surface area contributed by atoms with Crippen LogP contribution in [0.4, 0.5) is 0 Å². The number of likely N-dealkylation sites (tertiary alicyclic amines) is 1. The van der Waals surface area contributed by atoms with Gasteiger partial charge in [0, 0.05) is 25.3 Å². The van der Waals surface area contributed by atoms with Gasteiger partial charge < -0.3 is 9.64 Å². The van der Waals surface area contributed by atoms with E-state index in [1.54, 1.807) is 17.9 Å². The van der Waals surface area contributed by atoms with Crippen molar-refractivity contribution < 1.29 is 17.9 Å². The van der Waals surface area contributed by atoms with E-state index < -0.39 is 10.0 Å². The molecule has 1 atom stereocenters. The van der Waals surface area contributed by atoms with Crippen LogP contribution < -0.4 is 5.14 Å². The fourth-order valence-corrected chi connectivity index (χ4v) is 3.54. The highest BCUT2D eigenvalue weighted by Crippen LogP contribution is 2.19. The molecule has 1 saturated heterocycles. The number of amides is 1. The van der Waals surface area contributed by atoms with E-state index in [1.165, 1.54) is 12.1 Å². The number of nitrogens with zero attached hydrogens (tertiary/aromatic N) is 1. The lowest BCUT2D eigenvalue weighted by Crippen LogP contribution is -2.43. The van der Waals surface area contributed by atoms with Crippen molar-refractivity contribution in [2.75, 3.05) is 19.7 Å². The number of benzene rings is 1. The van der Waals surface area contributed by atoms with Crippen LogP contribution in [0.5, 0.6) is 0 Å². The molecule has 1 aliphatic rings. The molecule has 0 aliphatic carbocycles. The topological polar surface area (TPSA) is 89.7 Å². The number of nitrogens with two attached hydrogens (primary N) is 1. The molecule has 2 rings (SSSR count). The first-order valence-corrected chi connectivity index (χ1v) is 8.92. The molecule has 0 bridgehead atoms. The van der Waals surface area contributed by atoms with Crippen LogP contribution in [-0.4, -0.2) is 45.0 Å². The molecule has 122 valence electrons. The molecular weight excluding hydrogens is 304 g/mol. The number of carbonyl (C=O) groups is 1. The van der Waals surface area contributed by atoms with Crippen molar-refractivity contribution in [1.29, 1.82) is 0 Å². The van der Waals surface area contributed by atoms with Crippen LogP contribution in [0.2, 0.25) is 0 Å². The number of sulfonamides is 1. The third-order valence-electron chi connectivity index (χ3n) is 3.80. The Kier molecular flexibility index (Phi) is 5.20. The Bertz CT molecular complexity index is 656. The zero-order valence-corrected chi connectivity index (χ0v) is 13.7. The standard InChI is InChI=1S/C15H22N2O4S/c1-3-21-13-5-4-8-17(10-13)15(18)12-6-7-14(11(2)9-12)22(16,19)20/h6-7,9,13H,3-5,8,10H2,1-2H3,(H2,16,19,20)/t13-/m0/s1. The summed E-state index contributed by atoms with van der Waals surface area (Å²) < 4.78 is 28.4. The largest absolute Gasteiger partial charge is 0.377 e. The minimum absolute atomic E-state index is 0.0508. The quantitative estimate of drug-likeness (QED) is 0.902. The number of ether oxygens (including phenoxy) is 1. The van der Waals surface area contributed by atoms with Gasteiger partial charge >= 0.3 is 0 Å². The van der Waals surface area contributed by atoms with Gasteiger partial charge in [-0.25, -0.2) is 13.6 Å². The van der Waals surface area contributed by atoms with Gasteiger partial charge in [-0.1, -0.05) is 0 Å². The number of carbonyl (C=O) groups excluding carboxylic acids is 1. The number of rotatable bonds is 4. The zero-order valence-electron chi connectivity index (χ0n) is 12.9. The molecule has 1 aliphatic heterocycles. The molecule has 6 nitrogen and oxygen atoms in total. The van der Waals surface area contributed by atoms with E-state index in [0.29, 0.717) is 30.8 Å². The van der Waals surface area contributed by atoms with Crippen molar-refractivity contribution in [2.24, 2.45) is 5.14 Å². The SMILES string of the molecule is CCO[C@H]1CCCN(C(=O)c2ccc(S(N)(=O)=O)c(C)c2)C1. The Morgan fingerprint density at radius 1 is 1.45 bits per heavy atom. The Morgan fingerprint density at radius 3 is 2.77 bits per heavy atom. The molecule has 1 amide bonds. The van der Waals surface area contributed by atoms with E-state index in [1.807, 2.05) is 6.92 Å². The second-order valence-electron chi connectivity index (χ2n) is 5.50. The number of hydrogen-bond acceptors (Lipinski definition) is 4. The fraction of sp³-hybridized carbons (Fsp3) is 0.533. The smallest absolute Gasteiger partial charge is 0.253 e. The first-order valence-electron chi connectivity index (χ1n) is 7.37. The molecule has 1 aromatic carbocycles. The minimum Gasteiger partial charge on any atom is -0.377 e. The monoisotopic (exact) mass is 326 g/mol. The van der Waals surface area contributed by atoms with E-state index in [2.05, 4.69) is 0 Å². The Labute approximate surface area is 131 Å². The van der Waals surface area contributed by atoms with Crippen LogP contribution in [0, 0.1) is 6.92 Å². The molecule has 0 unspecified atom stereocenters. The summed E-state index contributed by atoms with van der Waals surface area (Å²) in [4.78, 5) is 14.4.